The van der Waals surface area contributed by atoms with Gasteiger partial charge in [-0.2, -0.15) is 5.10 Å². The van der Waals surface area contributed by atoms with Crippen molar-refractivity contribution in [3.63, 3.8) is 0 Å². The van der Waals surface area contributed by atoms with E-state index in [1.165, 1.54) is 12.1 Å². The summed E-state index contributed by atoms with van der Waals surface area (Å²) in [7, 11) is 0. The Kier molecular flexibility index (Phi) is 5.51. The van der Waals surface area contributed by atoms with Crippen LogP contribution in [0.5, 0.6) is 5.75 Å². The van der Waals surface area contributed by atoms with Crippen molar-refractivity contribution < 1.29 is 18.7 Å². The van der Waals surface area contributed by atoms with Crippen LogP contribution < -0.4 is 4.74 Å². The smallest absolute Gasteiger partial charge is 0.274 e. The molecule has 1 saturated heterocycles. The summed E-state index contributed by atoms with van der Waals surface area (Å²) in [6, 6.07) is 7.92. The molecule has 2 aromatic rings. The summed E-state index contributed by atoms with van der Waals surface area (Å²) < 4.78 is 21.2. The van der Waals surface area contributed by atoms with Crippen LogP contribution in [0.3, 0.4) is 0 Å². The van der Waals surface area contributed by atoms with Crippen LogP contribution in [0.25, 0.3) is 0 Å². The molecular weight excluding hydrogens is 375 g/mol. The van der Waals surface area contributed by atoms with Crippen molar-refractivity contribution in [2.75, 3.05) is 26.2 Å². The highest BCUT2D eigenvalue weighted by Gasteiger charge is 2.30. The van der Waals surface area contributed by atoms with Crippen LogP contribution in [0.2, 0.25) is 0 Å². The summed E-state index contributed by atoms with van der Waals surface area (Å²) >= 11 is 0. The number of halogens is 1. The van der Waals surface area contributed by atoms with Crippen molar-refractivity contribution in [3.8, 4) is 5.75 Å². The van der Waals surface area contributed by atoms with Gasteiger partial charge in [-0.3, -0.25) is 14.3 Å². The van der Waals surface area contributed by atoms with E-state index in [1.807, 2.05) is 10.7 Å². The molecule has 2 aliphatic rings. The molecule has 29 heavy (non-hydrogen) atoms. The number of piperazine rings is 1. The van der Waals surface area contributed by atoms with Crippen LogP contribution in [0.15, 0.2) is 30.3 Å². The number of hydrogen-bond donors (Lipinski definition) is 0. The average Bonchev–Trinajstić information content (AvgIpc) is 3.18. The highest BCUT2D eigenvalue weighted by Crippen LogP contribution is 2.19. The standard InChI is InChI=1S/C21H25FN4O3/c1-15(29-19-8-3-2-7-17(19)22)20(27)24-10-12-25(13-11-24)21(28)18-14-16-6-4-5-9-26(16)23-18/h2-3,7-8,14-15H,4-6,9-13H2,1H3. The van der Waals surface area contributed by atoms with Crippen molar-refractivity contribution >= 4 is 11.8 Å². The molecule has 7 nitrogen and oxygen atoms in total. The zero-order valence-corrected chi connectivity index (χ0v) is 16.5. The number of amides is 2. The lowest BCUT2D eigenvalue weighted by Crippen LogP contribution is -2.53. The Morgan fingerprint density at radius 2 is 1.79 bits per heavy atom. The van der Waals surface area contributed by atoms with Crippen LogP contribution in [0.4, 0.5) is 4.39 Å². The Balaban J connectivity index is 1.32. The second-order valence-electron chi connectivity index (χ2n) is 7.51. The molecule has 0 N–H and O–H groups in total. The van der Waals surface area contributed by atoms with Crippen molar-refractivity contribution in [1.82, 2.24) is 19.6 Å². The number of rotatable bonds is 4. The minimum Gasteiger partial charge on any atom is -0.478 e. The summed E-state index contributed by atoms with van der Waals surface area (Å²) in [5.74, 6) is -0.733. The molecule has 8 heteroatoms. The van der Waals surface area contributed by atoms with Gasteiger partial charge < -0.3 is 14.5 Å². The van der Waals surface area contributed by atoms with Gasteiger partial charge in [-0.25, -0.2) is 4.39 Å². The van der Waals surface area contributed by atoms with Crippen LogP contribution in [0, 0.1) is 5.82 Å². The summed E-state index contributed by atoms with van der Waals surface area (Å²) in [6.07, 6.45) is 2.39. The molecule has 154 valence electrons. The second kappa shape index (κ2) is 8.23. The van der Waals surface area contributed by atoms with Gasteiger partial charge in [0.2, 0.25) is 0 Å². The van der Waals surface area contributed by atoms with Gasteiger partial charge in [-0.05, 0) is 44.4 Å². The van der Waals surface area contributed by atoms with Gasteiger partial charge in [0.25, 0.3) is 11.8 Å². The highest BCUT2D eigenvalue weighted by atomic mass is 19.1. The molecule has 1 unspecified atom stereocenters. The third kappa shape index (κ3) is 4.11. The van der Waals surface area contributed by atoms with E-state index in [0.717, 1.165) is 31.5 Å². The highest BCUT2D eigenvalue weighted by molar-refractivity contribution is 5.92. The number of ether oxygens (including phenoxy) is 1. The third-order valence-corrected chi connectivity index (χ3v) is 5.50. The van der Waals surface area contributed by atoms with E-state index < -0.39 is 11.9 Å². The lowest BCUT2D eigenvalue weighted by molar-refractivity contribution is -0.139. The number of benzene rings is 1. The first-order valence-corrected chi connectivity index (χ1v) is 10.1. The first kappa shape index (κ1) is 19.4. The molecule has 1 aromatic heterocycles. The van der Waals surface area contributed by atoms with Crippen molar-refractivity contribution in [2.45, 2.75) is 38.8 Å². The Labute approximate surface area is 169 Å². The van der Waals surface area contributed by atoms with Crippen LogP contribution >= 0.6 is 0 Å². The van der Waals surface area contributed by atoms with Gasteiger partial charge in [0.15, 0.2) is 23.4 Å². The first-order chi connectivity index (χ1) is 14.0. The number of carbonyl (C=O) groups is 2. The number of fused-ring (bicyclic) bond motifs is 1. The zero-order valence-electron chi connectivity index (χ0n) is 16.5. The number of aromatic nitrogens is 2. The third-order valence-electron chi connectivity index (χ3n) is 5.50. The molecule has 1 aromatic carbocycles. The van der Waals surface area contributed by atoms with E-state index in [9.17, 15) is 14.0 Å². The number of carbonyl (C=O) groups excluding carboxylic acids is 2. The summed E-state index contributed by atoms with van der Waals surface area (Å²) in [6.45, 7) is 4.21. The van der Waals surface area contributed by atoms with E-state index in [2.05, 4.69) is 5.10 Å². The number of para-hydroxylation sites is 1. The van der Waals surface area contributed by atoms with E-state index in [0.29, 0.717) is 31.9 Å². The van der Waals surface area contributed by atoms with E-state index >= 15 is 0 Å². The Morgan fingerprint density at radius 1 is 1.07 bits per heavy atom. The lowest BCUT2D eigenvalue weighted by atomic mass is 10.1. The quantitative estimate of drug-likeness (QED) is 0.788. The molecule has 2 amide bonds. The maximum absolute atomic E-state index is 13.7. The number of nitrogens with zero attached hydrogens (tertiary/aromatic N) is 4. The van der Waals surface area contributed by atoms with Gasteiger partial charge >= 0.3 is 0 Å². The maximum Gasteiger partial charge on any atom is 0.274 e. The summed E-state index contributed by atoms with van der Waals surface area (Å²) in [5.41, 5.74) is 1.60. The molecule has 0 spiro atoms. The fourth-order valence-electron chi connectivity index (χ4n) is 3.85. The van der Waals surface area contributed by atoms with Gasteiger partial charge in [-0.1, -0.05) is 12.1 Å². The predicted molar refractivity (Wildman–Crippen MR) is 104 cm³/mol. The fourth-order valence-corrected chi connectivity index (χ4v) is 3.85. The molecule has 3 heterocycles. The Hall–Kier alpha value is -2.90. The monoisotopic (exact) mass is 400 g/mol. The SMILES string of the molecule is CC(Oc1ccccc1F)C(=O)N1CCN(C(=O)c2cc3n(n2)CCCC3)CC1. The van der Waals surface area contributed by atoms with E-state index in [-0.39, 0.29) is 17.6 Å². The van der Waals surface area contributed by atoms with E-state index in [1.54, 1.807) is 28.9 Å². The largest absolute Gasteiger partial charge is 0.478 e. The van der Waals surface area contributed by atoms with E-state index in [4.69, 9.17) is 4.74 Å². The van der Waals surface area contributed by atoms with Gasteiger partial charge in [0.1, 0.15) is 0 Å². The predicted octanol–water partition coefficient (Wildman–Crippen LogP) is 2.11. The average molecular weight is 400 g/mol. The fraction of sp³-hybridized carbons (Fsp3) is 0.476. The summed E-state index contributed by atoms with van der Waals surface area (Å²) in [5, 5.41) is 4.45. The van der Waals surface area contributed by atoms with Gasteiger partial charge in [0, 0.05) is 38.4 Å². The molecule has 1 fully saturated rings. The van der Waals surface area contributed by atoms with Crippen molar-refractivity contribution in [3.05, 3.63) is 47.5 Å². The molecule has 0 radical (unpaired) electrons. The summed E-state index contributed by atoms with van der Waals surface area (Å²) in [4.78, 5) is 28.8. The molecule has 4 rings (SSSR count). The first-order valence-electron chi connectivity index (χ1n) is 10.1. The zero-order chi connectivity index (χ0) is 20.4. The lowest BCUT2D eigenvalue weighted by Gasteiger charge is -2.35. The molecule has 1 atom stereocenters. The topological polar surface area (TPSA) is 67.7 Å². The Bertz CT molecular complexity index is 882. The Morgan fingerprint density at radius 3 is 2.52 bits per heavy atom. The van der Waals surface area contributed by atoms with Crippen LogP contribution in [0.1, 0.15) is 35.9 Å². The number of hydrogen-bond acceptors (Lipinski definition) is 4. The van der Waals surface area contributed by atoms with Gasteiger partial charge in [0.05, 0.1) is 0 Å². The molecule has 2 aliphatic heterocycles. The van der Waals surface area contributed by atoms with Crippen molar-refractivity contribution in [2.24, 2.45) is 0 Å². The van der Waals surface area contributed by atoms with Crippen molar-refractivity contribution in [1.29, 1.82) is 0 Å². The maximum atomic E-state index is 13.7. The van der Waals surface area contributed by atoms with Gasteiger partial charge in [-0.15, -0.1) is 0 Å². The molecule has 0 aliphatic carbocycles. The normalized spacial score (nSPS) is 17.6. The minimum absolute atomic E-state index is 0.0610. The molecule has 0 saturated carbocycles. The second-order valence-corrected chi connectivity index (χ2v) is 7.51. The van der Waals surface area contributed by atoms with Crippen LogP contribution in [-0.2, 0) is 17.8 Å². The molecule has 0 bridgehead atoms. The minimum atomic E-state index is -0.797. The number of aryl methyl sites for hydroxylation is 2. The molecular formula is C21H25FN4O3. The van der Waals surface area contributed by atoms with Crippen LogP contribution in [-0.4, -0.2) is 63.7 Å².